The topological polar surface area (TPSA) is 44.9 Å². The van der Waals surface area contributed by atoms with Crippen LogP contribution in [0.1, 0.15) is 34.5 Å². The van der Waals surface area contributed by atoms with Gasteiger partial charge in [0.2, 0.25) is 0 Å². The molecule has 0 radical (unpaired) electrons. The molecular formula is C26H22ClF3N2O. The summed E-state index contributed by atoms with van der Waals surface area (Å²) in [6, 6.07) is 15.0. The van der Waals surface area contributed by atoms with Crippen molar-refractivity contribution in [3.8, 4) is 11.1 Å². The van der Waals surface area contributed by atoms with E-state index in [0.29, 0.717) is 36.9 Å². The number of hydrogen-bond donors (Lipinski definition) is 2. The second kappa shape index (κ2) is 9.41. The number of rotatable bonds is 5. The van der Waals surface area contributed by atoms with Gasteiger partial charge < -0.3 is 10.3 Å². The molecule has 0 fully saturated rings. The summed E-state index contributed by atoms with van der Waals surface area (Å²) in [6.07, 6.45) is 1.61. The summed E-state index contributed by atoms with van der Waals surface area (Å²) in [6.45, 7) is 0.544. The van der Waals surface area contributed by atoms with Crippen molar-refractivity contribution in [3.05, 3.63) is 94.9 Å². The van der Waals surface area contributed by atoms with Gasteiger partial charge in [0.15, 0.2) is 5.78 Å². The molecule has 0 bridgehead atoms. The highest BCUT2D eigenvalue weighted by Crippen LogP contribution is 2.36. The summed E-state index contributed by atoms with van der Waals surface area (Å²) < 4.78 is 41.1. The van der Waals surface area contributed by atoms with Crippen molar-refractivity contribution in [2.75, 3.05) is 0 Å². The number of carbonyl (C=O) groups is 1. The highest BCUT2D eigenvalue weighted by Gasteiger charge is 2.25. The molecular weight excluding hydrogens is 449 g/mol. The molecule has 0 aliphatic carbocycles. The van der Waals surface area contributed by atoms with Gasteiger partial charge in [0.1, 0.15) is 17.5 Å². The van der Waals surface area contributed by atoms with E-state index in [9.17, 15) is 18.0 Å². The third-order valence-electron chi connectivity index (χ3n) is 6.16. The Hall–Kier alpha value is -3.09. The Labute approximate surface area is 195 Å². The number of ketones is 1. The minimum Gasteiger partial charge on any atom is -0.356 e. The van der Waals surface area contributed by atoms with Gasteiger partial charge in [0.05, 0.1) is 5.52 Å². The number of halogens is 4. The highest BCUT2D eigenvalue weighted by atomic mass is 35.5. The summed E-state index contributed by atoms with van der Waals surface area (Å²) in [5.74, 6) is -1.04. The normalized spacial score (nSPS) is 15.2. The smallest absolute Gasteiger partial charge is 0.162 e. The van der Waals surface area contributed by atoms with Crippen molar-refractivity contribution in [1.82, 2.24) is 10.3 Å². The van der Waals surface area contributed by atoms with Gasteiger partial charge >= 0.3 is 0 Å². The van der Waals surface area contributed by atoms with Crippen LogP contribution in [0, 0.1) is 17.5 Å². The van der Waals surface area contributed by atoms with E-state index < -0.39 is 0 Å². The van der Waals surface area contributed by atoms with Crippen LogP contribution in [0.25, 0.3) is 22.0 Å². The maximum atomic E-state index is 14.6. The van der Waals surface area contributed by atoms with Crippen LogP contribution >= 0.6 is 12.4 Å². The third-order valence-corrected chi connectivity index (χ3v) is 6.16. The van der Waals surface area contributed by atoms with E-state index in [1.54, 1.807) is 18.2 Å². The zero-order valence-corrected chi connectivity index (χ0v) is 18.4. The van der Waals surface area contributed by atoms with E-state index in [1.165, 1.54) is 42.5 Å². The van der Waals surface area contributed by atoms with Crippen LogP contribution < -0.4 is 5.32 Å². The maximum absolute atomic E-state index is 14.6. The molecule has 1 aromatic heterocycles. The molecule has 2 N–H and O–H groups in total. The molecule has 2 heterocycles. The number of H-pyrrole nitrogens is 1. The van der Waals surface area contributed by atoms with E-state index in [2.05, 4.69) is 10.3 Å². The largest absolute Gasteiger partial charge is 0.356 e. The van der Waals surface area contributed by atoms with E-state index >= 15 is 0 Å². The number of Topliss-reactive ketones (excluding diaryl/α,β-unsaturated/α-hetero) is 1. The van der Waals surface area contributed by atoms with Crippen LogP contribution in [-0.2, 0) is 13.0 Å². The minimum absolute atomic E-state index is 0. The molecule has 0 saturated carbocycles. The molecule has 33 heavy (non-hydrogen) atoms. The molecule has 3 aromatic carbocycles. The van der Waals surface area contributed by atoms with Gasteiger partial charge in [0, 0.05) is 42.1 Å². The number of hydrogen-bond acceptors (Lipinski definition) is 2. The summed E-state index contributed by atoms with van der Waals surface area (Å²) >= 11 is 0. The number of aromatic nitrogens is 1. The van der Waals surface area contributed by atoms with Crippen molar-refractivity contribution in [3.63, 3.8) is 0 Å². The molecule has 1 aliphatic heterocycles. The molecule has 4 aromatic rings. The van der Waals surface area contributed by atoms with Crippen LogP contribution in [0.3, 0.4) is 0 Å². The first-order valence-electron chi connectivity index (χ1n) is 10.6. The molecule has 170 valence electrons. The van der Waals surface area contributed by atoms with Gasteiger partial charge in [-0.25, -0.2) is 13.2 Å². The Morgan fingerprint density at radius 3 is 2.27 bits per heavy atom. The molecule has 1 atom stereocenters. The van der Waals surface area contributed by atoms with Crippen molar-refractivity contribution in [2.24, 2.45) is 0 Å². The fourth-order valence-electron chi connectivity index (χ4n) is 4.48. The highest BCUT2D eigenvalue weighted by molar-refractivity contribution is 5.99. The Morgan fingerprint density at radius 2 is 1.58 bits per heavy atom. The lowest BCUT2D eigenvalue weighted by Gasteiger charge is -2.24. The second-order valence-corrected chi connectivity index (χ2v) is 8.18. The molecule has 0 amide bonds. The average molecular weight is 471 g/mol. The lowest BCUT2D eigenvalue weighted by Crippen LogP contribution is -2.35. The lowest BCUT2D eigenvalue weighted by atomic mass is 9.93. The SMILES string of the molecule is Cl.O=C(CCC1Cc2[nH]c3c(F)ccc(-c4ccc(F)cc4)c3c2CN1)c1ccc(F)cc1. The van der Waals surface area contributed by atoms with E-state index in [0.717, 1.165) is 27.8 Å². The summed E-state index contributed by atoms with van der Waals surface area (Å²) in [5.41, 5.74) is 4.57. The number of nitrogens with one attached hydrogen (secondary N) is 2. The lowest BCUT2D eigenvalue weighted by molar-refractivity contribution is 0.0975. The Balaban J connectivity index is 0.00000259. The molecule has 1 aliphatic rings. The standard InChI is InChI=1S/C26H21F3N2O.ClH/c27-17-5-1-15(2-6-17)20-10-11-22(29)26-25(20)21-14-30-19(13-23(21)31-26)9-12-24(32)16-3-7-18(28)8-4-16;/h1-8,10-11,19,30-31H,9,12-14H2;1H. The van der Waals surface area contributed by atoms with Crippen LogP contribution in [0.2, 0.25) is 0 Å². The number of fused-ring (bicyclic) bond motifs is 3. The van der Waals surface area contributed by atoms with E-state index in [1.807, 2.05) is 0 Å². The van der Waals surface area contributed by atoms with Gasteiger partial charge in [-0.2, -0.15) is 0 Å². The molecule has 3 nitrogen and oxygen atoms in total. The fraction of sp³-hybridized carbons (Fsp3) is 0.192. The third kappa shape index (κ3) is 4.54. The second-order valence-electron chi connectivity index (χ2n) is 8.18. The minimum atomic E-state index is -0.367. The number of benzene rings is 3. The van der Waals surface area contributed by atoms with Crippen molar-refractivity contribution in [1.29, 1.82) is 0 Å². The number of aromatic amines is 1. The van der Waals surface area contributed by atoms with Crippen molar-refractivity contribution < 1.29 is 18.0 Å². The monoisotopic (exact) mass is 470 g/mol. The van der Waals surface area contributed by atoms with Crippen LogP contribution in [0.15, 0.2) is 60.7 Å². The fourth-order valence-corrected chi connectivity index (χ4v) is 4.48. The Morgan fingerprint density at radius 1 is 0.909 bits per heavy atom. The Bertz CT molecular complexity index is 1300. The van der Waals surface area contributed by atoms with Crippen molar-refractivity contribution >= 4 is 29.1 Å². The molecule has 7 heteroatoms. The maximum Gasteiger partial charge on any atom is 0.162 e. The zero-order chi connectivity index (χ0) is 22.2. The average Bonchev–Trinajstić information content (AvgIpc) is 3.19. The van der Waals surface area contributed by atoms with Gasteiger partial charge in [-0.15, -0.1) is 12.4 Å². The molecule has 1 unspecified atom stereocenters. The van der Waals surface area contributed by atoms with Crippen LogP contribution in [-0.4, -0.2) is 16.8 Å². The van der Waals surface area contributed by atoms with Gasteiger partial charge in [-0.3, -0.25) is 4.79 Å². The van der Waals surface area contributed by atoms with Gasteiger partial charge in [-0.05, 0) is 65.6 Å². The first kappa shape index (κ1) is 23.1. The Kier molecular flexibility index (Phi) is 6.58. The van der Waals surface area contributed by atoms with Gasteiger partial charge in [-0.1, -0.05) is 18.2 Å². The van der Waals surface area contributed by atoms with E-state index in [4.69, 9.17) is 0 Å². The quantitative estimate of drug-likeness (QED) is 0.334. The van der Waals surface area contributed by atoms with E-state index in [-0.39, 0.29) is 41.7 Å². The van der Waals surface area contributed by atoms with Crippen molar-refractivity contribution in [2.45, 2.75) is 31.8 Å². The predicted molar refractivity (Wildman–Crippen MR) is 125 cm³/mol. The molecule has 0 saturated heterocycles. The first-order chi connectivity index (χ1) is 15.5. The summed E-state index contributed by atoms with van der Waals surface area (Å²) in [4.78, 5) is 15.7. The van der Waals surface area contributed by atoms with Crippen LogP contribution in [0.5, 0.6) is 0 Å². The van der Waals surface area contributed by atoms with Crippen LogP contribution in [0.4, 0.5) is 13.2 Å². The predicted octanol–water partition coefficient (Wildman–Crippen LogP) is 6.35. The first-order valence-corrected chi connectivity index (χ1v) is 10.6. The number of carbonyl (C=O) groups excluding carboxylic acids is 1. The zero-order valence-electron chi connectivity index (χ0n) is 17.6. The van der Waals surface area contributed by atoms with Gasteiger partial charge in [0.25, 0.3) is 0 Å². The summed E-state index contributed by atoms with van der Waals surface area (Å²) in [7, 11) is 0. The molecule has 0 spiro atoms. The summed E-state index contributed by atoms with van der Waals surface area (Å²) in [5, 5.41) is 4.27. The molecule has 5 rings (SSSR count).